The van der Waals surface area contributed by atoms with E-state index in [9.17, 15) is 9.59 Å². The Morgan fingerprint density at radius 3 is 2.86 bits per heavy atom. The highest BCUT2D eigenvalue weighted by atomic mass is 35.5. The van der Waals surface area contributed by atoms with Crippen LogP contribution in [-0.4, -0.2) is 23.5 Å². The molecule has 1 N–H and O–H groups in total. The standard InChI is InChI=1S/C20H19ClN2O5S/c1-3-26-17(24)9-13-11-29-20(22-13)23-19(25)16-8-7-14(28-16)10-27-18-12(2)5-4-6-15(18)21/h4-8,11H,3,9-10H2,1-2H3,(H,22,23,25). The molecule has 152 valence electrons. The minimum atomic E-state index is -0.442. The summed E-state index contributed by atoms with van der Waals surface area (Å²) in [6, 6.07) is 8.70. The second kappa shape index (κ2) is 9.58. The van der Waals surface area contributed by atoms with E-state index in [1.165, 1.54) is 11.3 Å². The van der Waals surface area contributed by atoms with Crippen molar-refractivity contribution in [2.24, 2.45) is 0 Å². The van der Waals surface area contributed by atoms with E-state index in [0.29, 0.717) is 34.0 Å². The molecule has 0 aliphatic carbocycles. The molecule has 0 atom stereocenters. The number of hydrogen-bond acceptors (Lipinski definition) is 7. The molecule has 2 aromatic heterocycles. The Kier molecular flexibility index (Phi) is 6.90. The van der Waals surface area contributed by atoms with Crippen molar-refractivity contribution in [3.05, 3.63) is 63.5 Å². The van der Waals surface area contributed by atoms with E-state index in [-0.39, 0.29) is 24.8 Å². The number of esters is 1. The van der Waals surface area contributed by atoms with Gasteiger partial charge in [0, 0.05) is 5.38 Å². The first-order chi connectivity index (χ1) is 14.0. The van der Waals surface area contributed by atoms with Gasteiger partial charge in [-0.3, -0.25) is 14.9 Å². The van der Waals surface area contributed by atoms with Crippen LogP contribution in [0.15, 0.2) is 40.1 Å². The second-order valence-corrected chi connectivity index (χ2v) is 7.29. The van der Waals surface area contributed by atoms with Crippen LogP contribution in [0.25, 0.3) is 0 Å². The number of benzene rings is 1. The first kappa shape index (κ1) is 20.9. The Balaban J connectivity index is 1.57. The van der Waals surface area contributed by atoms with E-state index < -0.39 is 5.91 Å². The summed E-state index contributed by atoms with van der Waals surface area (Å²) in [5.41, 5.74) is 1.44. The van der Waals surface area contributed by atoms with Gasteiger partial charge in [0.1, 0.15) is 18.1 Å². The summed E-state index contributed by atoms with van der Waals surface area (Å²) in [6.45, 7) is 4.08. The van der Waals surface area contributed by atoms with E-state index >= 15 is 0 Å². The number of aryl methyl sites for hydroxylation is 1. The number of rotatable bonds is 8. The summed E-state index contributed by atoms with van der Waals surface area (Å²) in [6.07, 6.45) is 0.0594. The van der Waals surface area contributed by atoms with Crippen molar-refractivity contribution in [2.45, 2.75) is 26.9 Å². The number of hydrogen-bond donors (Lipinski definition) is 1. The van der Waals surface area contributed by atoms with E-state index in [4.69, 9.17) is 25.5 Å². The number of amides is 1. The topological polar surface area (TPSA) is 90.7 Å². The van der Waals surface area contributed by atoms with Crippen LogP contribution in [0, 0.1) is 6.92 Å². The van der Waals surface area contributed by atoms with Crippen molar-refractivity contribution in [2.75, 3.05) is 11.9 Å². The number of ether oxygens (including phenoxy) is 2. The van der Waals surface area contributed by atoms with Crippen molar-refractivity contribution in [3.8, 4) is 5.75 Å². The van der Waals surface area contributed by atoms with Gasteiger partial charge in [-0.15, -0.1) is 11.3 Å². The first-order valence-electron chi connectivity index (χ1n) is 8.84. The normalized spacial score (nSPS) is 10.6. The van der Waals surface area contributed by atoms with Crippen molar-refractivity contribution >= 4 is 39.9 Å². The van der Waals surface area contributed by atoms with E-state index in [1.54, 1.807) is 30.5 Å². The molecule has 0 bridgehead atoms. The molecule has 3 rings (SSSR count). The number of nitrogens with one attached hydrogen (secondary N) is 1. The summed E-state index contributed by atoms with van der Waals surface area (Å²) in [5.74, 6) is 0.383. The third kappa shape index (κ3) is 5.58. The van der Waals surface area contributed by atoms with Gasteiger partial charge in [0.05, 0.1) is 23.7 Å². The lowest BCUT2D eigenvalue weighted by Gasteiger charge is -2.09. The average molecular weight is 435 g/mol. The zero-order valence-corrected chi connectivity index (χ0v) is 17.4. The molecule has 1 aromatic carbocycles. The largest absolute Gasteiger partial charge is 0.484 e. The molecule has 0 aliphatic rings. The summed E-state index contributed by atoms with van der Waals surface area (Å²) in [5, 5.41) is 5.23. The van der Waals surface area contributed by atoms with Crippen LogP contribution in [0.3, 0.4) is 0 Å². The summed E-state index contributed by atoms with van der Waals surface area (Å²) in [4.78, 5) is 28.1. The van der Waals surface area contributed by atoms with Crippen molar-refractivity contribution < 1.29 is 23.5 Å². The predicted molar refractivity (Wildman–Crippen MR) is 110 cm³/mol. The highest BCUT2D eigenvalue weighted by Gasteiger charge is 2.15. The van der Waals surface area contributed by atoms with Gasteiger partial charge in [-0.1, -0.05) is 23.7 Å². The third-order valence-corrected chi connectivity index (χ3v) is 4.92. The Labute approximate surface area is 176 Å². The van der Waals surface area contributed by atoms with E-state index in [2.05, 4.69) is 10.3 Å². The Morgan fingerprint density at radius 2 is 2.10 bits per heavy atom. The maximum Gasteiger partial charge on any atom is 0.311 e. The van der Waals surface area contributed by atoms with Crippen LogP contribution in [0.1, 0.15) is 34.5 Å². The van der Waals surface area contributed by atoms with Gasteiger partial charge < -0.3 is 13.9 Å². The minimum absolute atomic E-state index is 0.0594. The molecule has 7 nitrogen and oxygen atoms in total. The molecule has 0 unspecified atom stereocenters. The number of para-hydroxylation sites is 1. The number of anilines is 1. The molecule has 9 heteroatoms. The molecule has 0 fully saturated rings. The summed E-state index contributed by atoms with van der Waals surface area (Å²) < 4.78 is 16.1. The Morgan fingerprint density at radius 1 is 1.28 bits per heavy atom. The monoisotopic (exact) mass is 434 g/mol. The number of furan rings is 1. The summed E-state index contributed by atoms with van der Waals surface area (Å²) in [7, 11) is 0. The second-order valence-electron chi connectivity index (χ2n) is 6.02. The summed E-state index contributed by atoms with van der Waals surface area (Å²) >= 11 is 7.36. The van der Waals surface area contributed by atoms with Crippen molar-refractivity contribution in [1.82, 2.24) is 4.98 Å². The third-order valence-electron chi connectivity index (χ3n) is 3.81. The van der Waals surface area contributed by atoms with Crippen LogP contribution < -0.4 is 10.1 Å². The SMILES string of the molecule is CCOC(=O)Cc1csc(NC(=O)c2ccc(COc3c(C)cccc3Cl)o2)n1. The van der Waals surface area contributed by atoms with Crippen molar-refractivity contribution in [1.29, 1.82) is 0 Å². The van der Waals surface area contributed by atoms with Gasteiger partial charge in [-0.25, -0.2) is 4.98 Å². The Hall–Kier alpha value is -2.84. The molecular weight excluding hydrogens is 416 g/mol. The fraction of sp³-hybridized carbons (Fsp3) is 0.250. The first-order valence-corrected chi connectivity index (χ1v) is 10.1. The number of carbonyl (C=O) groups is 2. The van der Waals surface area contributed by atoms with Gasteiger partial charge in [0.2, 0.25) is 0 Å². The number of aromatic nitrogens is 1. The number of nitrogens with zero attached hydrogens (tertiary/aromatic N) is 1. The molecule has 3 aromatic rings. The smallest absolute Gasteiger partial charge is 0.311 e. The lowest BCUT2D eigenvalue weighted by atomic mass is 10.2. The lowest BCUT2D eigenvalue weighted by Crippen LogP contribution is -2.11. The number of carbonyl (C=O) groups excluding carboxylic acids is 2. The van der Waals surface area contributed by atoms with Gasteiger partial charge in [0.25, 0.3) is 5.91 Å². The van der Waals surface area contributed by atoms with Crippen LogP contribution in [-0.2, 0) is 22.6 Å². The van der Waals surface area contributed by atoms with Crippen LogP contribution >= 0.6 is 22.9 Å². The predicted octanol–water partition coefficient (Wildman–Crippen LogP) is 4.63. The van der Waals surface area contributed by atoms with Gasteiger partial charge in [-0.05, 0) is 37.6 Å². The van der Waals surface area contributed by atoms with Crippen LogP contribution in [0.2, 0.25) is 5.02 Å². The maximum atomic E-state index is 12.4. The number of halogens is 1. The fourth-order valence-corrected chi connectivity index (χ4v) is 3.47. The molecule has 2 heterocycles. The molecule has 0 aliphatic heterocycles. The number of thiazole rings is 1. The molecular formula is C20H19ClN2O5S. The zero-order chi connectivity index (χ0) is 20.8. The molecule has 0 saturated carbocycles. The highest BCUT2D eigenvalue weighted by Crippen LogP contribution is 2.29. The average Bonchev–Trinajstić information content (AvgIpc) is 3.31. The van der Waals surface area contributed by atoms with E-state index in [0.717, 1.165) is 5.56 Å². The molecule has 0 radical (unpaired) electrons. The minimum Gasteiger partial charge on any atom is -0.484 e. The van der Waals surface area contributed by atoms with Crippen LogP contribution in [0.4, 0.5) is 5.13 Å². The quantitative estimate of drug-likeness (QED) is 0.519. The van der Waals surface area contributed by atoms with Gasteiger partial charge in [-0.2, -0.15) is 0 Å². The molecule has 1 amide bonds. The van der Waals surface area contributed by atoms with E-state index in [1.807, 2.05) is 19.1 Å². The molecule has 0 saturated heterocycles. The highest BCUT2D eigenvalue weighted by molar-refractivity contribution is 7.14. The zero-order valence-electron chi connectivity index (χ0n) is 15.9. The van der Waals surface area contributed by atoms with Gasteiger partial charge >= 0.3 is 5.97 Å². The van der Waals surface area contributed by atoms with Gasteiger partial charge in [0.15, 0.2) is 10.9 Å². The lowest BCUT2D eigenvalue weighted by molar-refractivity contribution is -0.142. The fourth-order valence-electron chi connectivity index (χ4n) is 2.48. The Bertz CT molecular complexity index is 994. The van der Waals surface area contributed by atoms with Crippen molar-refractivity contribution in [3.63, 3.8) is 0 Å². The molecule has 0 spiro atoms. The molecule has 29 heavy (non-hydrogen) atoms. The maximum absolute atomic E-state index is 12.4. The van der Waals surface area contributed by atoms with Crippen LogP contribution in [0.5, 0.6) is 5.75 Å².